The summed E-state index contributed by atoms with van der Waals surface area (Å²) in [7, 11) is 0. The fourth-order valence-corrected chi connectivity index (χ4v) is 2.45. The quantitative estimate of drug-likeness (QED) is 0.534. The van der Waals surface area contributed by atoms with Crippen LogP contribution in [0.2, 0.25) is 0 Å². The molecule has 25 heavy (non-hydrogen) atoms. The number of halogens is 1. The number of ether oxygens (including phenoxy) is 1. The largest absolute Gasteiger partial charge is 0.439 e. The molecule has 0 fully saturated rings. The van der Waals surface area contributed by atoms with Crippen molar-refractivity contribution in [2.75, 3.05) is 0 Å². The molecule has 0 radical (unpaired) electrons. The molecule has 0 saturated heterocycles. The van der Waals surface area contributed by atoms with E-state index in [9.17, 15) is 4.39 Å². The molecular weight excluding hydrogens is 317 g/mol. The number of benzene rings is 2. The summed E-state index contributed by atoms with van der Waals surface area (Å²) in [4.78, 5) is 13.5. The maximum Gasteiger partial charge on any atom is 0.222 e. The normalized spacial score (nSPS) is 10.8. The third-order valence-corrected chi connectivity index (χ3v) is 3.80. The van der Waals surface area contributed by atoms with Crippen LogP contribution in [0.1, 0.15) is 5.56 Å². The maximum absolute atomic E-state index is 13.0. The fourth-order valence-electron chi connectivity index (χ4n) is 2.45. The van der Waals surface area contributed by atoms with Crippen LogP contribution in [0.5, 0.6) is 11.6 Å². The van der Waals surface area contributed by atoms with E-state index in [1.165, 1.54) is 12.1 Å². The van der Waals surface area contributed by atoms with Crippen molar-refractivity contribution in [2.45, 2.75) is 6.92 Å². The molecule has 0 aliphatic heterocycles. The SMILES string of the molecule is Cc1ccc(-c2ncc3ccccc3n2)nc1Oc1ccc(F)cc1. The van der Waals surface area contributed by atoms with Gasteiger partial charge in [0.1, 0.15) is 17.3 Å². The molecule has 0 saturated carbocycles. The Balaban J connectivity index is 1.71. The highest BCUT2D eigenvalue weighted by Crippen LogP contribution is 2.26. The Kier molecular flexibility index (Phi) is 3.82. The summed E-state index contributed by atoms with van der Waals surface area (Å²) >= 11 is 0. The molecule has 4 aromatic rings. The third-order valence-electron chi connectivity index (χ3n) is 3.80. The monoisotopic (exact) mass is 331 g/mol. The molecule has 4 rings (SSSR count). The van der Waals surface area contributed by atoms with Crippen molar-refractivity contribution in [2.24, 2.45) is 0 Å². The van der Waals surface area contributed by atoms with Crippen LogP contribution in [0.3, 0.4) is 0 Å². The number of hydrogen-bond acceptors (Lipinski definition) is 4. The van der Waals surface area contributed by atoms with Crippen molar-refractivity contribution < 1.29 is 9.13 Å². The Hall–Kier alpha value is -3.34. The summed E-state index contributed by atoms with van der Waals surface area (Å²) in [6.07, 6.45) is 1.78. The molecule has 5 heteroatoms. The Morgan fingerprint density at radius 2 is 1.68 bits per heavy atom. The van der Waals surface area contributed by atoms with E-state index in [0.717, 1.165) is 16.5 Å². The number of pyridine rings is 1. The fraction of sp³-hybridized carbons (Fsp3) is 0.0500. The first kappa shape index (κ1) is 15.2. The van der Waals surface area contributed by atoms with Crippen molar-refractivity contribution in [1.82, 2.24) is 15.0 Å². The first-order chi connectivity index (χ1) is 12.2. The second kappa shape index (κ2) is 6.28. The third kappa shape index (κ3) is 3.17. The first-order valence-corrected chi connectivity index (χ1v) is 7.82. The van der Waals surface area contributed by atoms with Crippen molar-refractivity contribution in [3.05, 3.63) is 78.2 Å². The van der Waals surface area contributed by atoms with E-state index < -0.39 is 0 Å². The average Bonchev–Trinajstić information content (AvgIpc) is 2.65. The van der Waals surface area contributed by atoms with Gasteiger partial charge >= 0.3 is 0 Å². The van der Waals surface area contributed by atoms with Crippen LogP contribution in [-0.2, 0) is 0 Å². The molecule has 0 atom stereocenters. The second-order valence-corrected chi connectivity index (χ2v) is 5.63. The summed E-state index contributed by atoms with van der Waals surface area (Å²) < 4.78 is 18.8. The molecule has 4 nitrogen and oxygen atoms in total. The lowest BCUT2D eigenvalue weighted by molar-refractivity contribution is 0.458. The molecule has 2 heterocycles. The number of fused-ring (bicyclic) bond motifs is 1. The summed E-state index contributed by atoms with van der Waals surface area (Å²) in [6.45, 7) is 1.90. The van der Waals surface area contributed by atoms with Gasteiger partial charge in [0.15, 0.2) is 5.82 Å². The van der Waals surface area contributed by atoms with Gasteiger partial charge in [0.05, 0.1) is 5.52 Å². The summed E-state index contributed by atoms with van der Waals surface area (Å²) in [6, 6.07) is 17.4. The van der Waals surface area contributed by atoms with Gasteiger partial charge in [-0.2, -0.15) is 0 Å². The van der Waals surface area contributed by atoms with Gasteiger partial charge in [-0.1, -0.05) is 24.3 Å². The number of aromatic nitrogens is 3. The van der Waals surface area contributed by atoms with Crippen molar-refractivity contribution in [1.29, 1.82) is 0 Å². The summed E-state index contributed by atoms with van der Waals surface area (Å²) in [5.41, 5.74) is 2.35. The second-order valence-electron chi connectivity index (χ2n) is 5.63. The van der Waals surface area contributed by atoms with Crippen LogP contribution in [0.4, 0.5) is 4.39 Å². The van der Waals surface area contributed by atoms with Crippen molar-refractivity contribution in [3.8, 4) is 23.1 Å². The van der Waals surface area contributed by atoms with Gasteiger partial charge in [-0.3, -0.25) is 0 Å². The standard InChI is InChI=1S/C20H14FN3O/c1-13-6-11-18(19-22-12-14-4-2-3-5-17(14)23-19)24-20(13)25-16-9-7-15(21)8-10-16/h2-12H,1H3. The lowest BCUT2D eigenvalue weighted by Crippen LogP contribution is -1.96. The van der Waals surface area contributed by atoms with E-state index in [-0.39, 0.29) is 5.82 Å². The van der Waals surface area contributed by atoms with E-state index in [2.05, 4.69) is 15.0 Å². The number of para-hydroxylation sites is 1. The predicted octanol–water partition coefficient (Wildman–Crippen LogP) is 4.93. The lowest BCUT2D eigenvalue weighted by atomic mass is 10.2. The molecule has 0 spiro atoms. The van der Waals surface area contributed by atoms with E-state index in [1.54, 1.807) is 18.3 Å². The molecule has 0 unspecified atom stereocenters. The zero-order valence-electron chi connectivity index (χ0n) is 13.5. The lowest BCUT2D eigenvalue weighted by Gasteiger charge is -2.09. The topological polar surface area (TPSA) is 47.9 Å². The maximum atomic E-state index is 13.0. The molecule has 2 aromatic carbocycles. The Bertz CT molecular complexity index is 1050. The highest BCUT2D eigenvalue weighted by atomic mass is 19.1. The Morgan fingerprint density at radius 3 is 2.52 bits per heavy atom. The van der Waals surface area contributed by atoms with Gasteiger partial charge in [0, 0.05) is 17.1 Å². The van der Waals surface area contributed by atoms with Crippen LogP contribution in [0, 0.1) is 12.7 Å². The molecule has 122 valence electrons. The first-order valence-electron chi connectivity index (χ1n) is 7.82. The van der Waals surface area contributed by atoms with E-state index >= 15 is 0 Å². The van der Waals surface area contributed by atoms with Crippen molar-refractivity contribution >= 4 is 10.9 Å². The van der Waals surface area contributed by atoms with Crippen LogP contribution < -0.4 is 4.74 Å². The molecular formula is C20H14FN3O. The summed E-state index contributed by atoms with van der Waals surface area (Å²) in [5, 5.41) is 0.973. The number of hydrogen-bond donors (Lipinski definition) is 0. The molecule has 0 aliphatic carbocycles. The minimum absolute atomic E-state index is 0.310. The summed E-state index contributed by atoms with van der Waals surface area (Å²) in [5.74, 6) is 1.19. The molecule has 0 aliphatic rings. The van der Waals surface area contributed by atoms with Crippen LogP contribution >= 0.6 is 0 Å². The van der Waals surface area contributed by atoms with E-state index in [1.807, 2.05) is 43.3 Å². The Morgan fingerprint density at radius 1 is 0.880 bits per heavy atom. The van der Waals surface area contributed by atoms with Gasteiger partial charge in [-0.15, -0.1) is 0 Å². The van der Waals surface area contributed by atoms with Gasteiger partial charge in [-0.05, 0) is 43.3 Å². The molecule has 2 aromatic heterocycles. The van der Waals surface area contributed by atoms with Crippen LogP contribution in [0.15, 0.2) is 66.9 Å². The highest BCUT2D eigenvalue weighted by Gasteiger charge is 2.10. The highest BCUT2D eigenvalue weighted by molar-refractivity contribution is 5.79. The van der Waals surface area contributed by atoms with Crippen LogP contribution in [-0.4, -0.2) is 15.0 Å². The average molecular weight is 331 g/mol. The zero-order valence-corrected chi connectivity index (χ0v) is 13.5. The number of nitrogens with zero attached hydrogens (tertiary/aromatic N) is 3. The minimum atomic E-state index is -0.310. The molecule has 0 N–H and O–H groups in total. The number of aryl methyl sites for hydroxylation is 1. The van der Waals surface area contributed by atoms with Gasteiger partial charge in [-0.25, -0.2) is 19.3 Å². The van der Waals surface area contributed by atoms with E-state index in [4.69, 9.17) is 4.74 Å². The molecule has 0 amide bonds. The molecule has 0 bridgehead atoms. The van der Waals surface area contributed by atoms with Crippen molar-refractivity contribution in [3.63, 3.8) is 0 Å². The van der Waals surface area contributed by atoms with Crippen LogP contribution in [0.25, 0.3) is 22.4 Å². The van der Waals surface area contributed by atoms with E-state index in [0.29, 0.717) is 23.1 Å². The zero-order chi connectivity index (χ0) is 17.2. The van der Waals surface area contributed by atoms with Gasteiger partial charge in [0.2, 0.25) is 5.88 Å². The van der Waals surface area contributed by atoms with Gasteiger partial charge in [0.25, 0.3) is 0 Å². The number of rotatable bonds is 3. The predicted molar refractivity (Wildman–Crippen MR) is 94.0 cm³/mol. The smallest absolute Gasteiger partial charge is 0.222 e. The Labute approximate surface area is 144 Å². The minimum Gasteiger partial charge on any atom is -0.439 e. The van der Waals surface area contributed by atoms with Gasteiger partial charge < -0.3 is 4.74 Å².